The lowest BCUT2D eigenvalue weighted by Gasteiger charge is -2.09. The normalized spacial score (nSPS) is 11.0. The fourth-order valence-electron chi connectivity index (χ4n) is 2.32. The first-order valence-corrected chi connectivity index (χ1v) is 8.77. The Morgan fingerprint density at radius 3 is 2.62 bits per heavy atom. The number of nitrogens with zero attached hydrogens (tertiary/aromatic N) is 1. The summed E-state index contributed by atoms with van der Waals surface area (Å²) in [4.78, 5) is 16.4. The van der Waals surface area contributed by atoms with E-state index in [1.54, 1.807) is 11.3 Å². The summed E-state index contributed by atoms with van der Waals surface area (Å²) < 4.78 is 6.65. The number of hydrogen-bond donors (Lipinski definition) is 1. The molecule has 0 fully saturated rings. The fourth-order valence-corrected chi connectivity index (χ4v) is 3.23. The minimum Gasteiger partial charge on any atom is -0.484 e. The number of amides is 1. The van der Waals surface area contributed by atoms with E-state index in [2.05, 4.69) is 24.1 Å². The van der Waals surface area contributed by atoms with Gasteiger partial charge < -0.3 is 10.1 Å². The van der Waals surface area contributed by atoms with E-state index < -0.39 is 0 Å². The maximum atomic E-state index is 11.9. The smallest absolute Gasteiger partial charge is 0.258 e. The number of benzene rings is 2. The molecule has 0 unspecified atom stereocenters. The van der Waals surface area contributed by atoms with Gasteiger partial charge in [-0.3, -0.25) is 4.79 Å². The Morgan fingerprint density at radius 1 is 1.17 bits per heavy atom. The quantitative estimate of drug-likeness (QED) is 0.734. The van der Waals surface area contributed by atoms with Gasteiger partial charge >= 0.3 is 0 Å². The number of carbonyl (C=O) groups excluding carboxylic acids is 1. The van der Waals surface area contributed by atoms with E-state index in [9.17, 15) is 4.79 Å². The highest BCUT2D eigenvalue weighted by molar-refractivity contribution is 7.18. The van der Waals surface area contributed by atoms with Crippen molar-refractivity contribution in [1.82, 2.24) is 10.3 Å². The Hall–Kier alpha value is -2.40. The number of aromatic nitrogens is 1. The summed E-state index contributed by atoms with van der Waals surface area (Å²) in [5.41, 5.74) is 2.22. The van der Waals surface area contributed by atoms with Crippen LogP contribution in [-0.2, 0) is 11.3 Å². The van der Waals surface area contributed by atoms with Crippen LogP contribution in [0.2, 0.25) is 0 Å². The molecule has 0 bridgehead atoms. The summed E-state index contributed by atoms with van der Waals surface area (Å²) >= 11 is 1.59. The van der Waals surface area contributed by atoms with Gasteiger partial charge in [0.25, 0.3) is 5.91 Å². The van der Waals surface area contributed by atoms with Gasteiger partial charge in [0.2, 0.25) is 0 Å². The monoisotopic (exact) mass is 340 g/mol. The van der Waals surface area contributed by atoms with Gasteiger partial charge in [-0.15, -0.1) is 11.3 Å². The Morgan fingerprint density at radius 2 is 1.92 bits per heavy atom. The molecule has 1 heterocycles. The first-order valence-electron chi connectivity index (χ1n) is 7.96. The zero-order chi connectivity index (χ0) is 16.9. The topological polar surface area (TPSA) is 51.2 Å². The van der Waals surface area contributed by atoms with Crippen molar-refractivity contribution in [1.29, 1.82) is 0 Å². The number of rotatable bonds is 6. The zero-order valence-electron chi connectivity index (χ0n) is 13.8. The van der Waals surface area contributed by atoms with Crippen LogP contribution in [-0.4, -0.2) is 17.5 Å². The SMILES string of the molecule is CC(C)c1ccc(OCC(=O)NCc2nc3ccccc3s2)cc1. The third-order valence-electron chi connectivity index (χ3n) is 3.69. The lowest BCUT2D eigenvalue weighted by molar-refractivity contribution is -0.123. The van der Waals surface area contributed by atoms with Crippen LogP contribution >= 0.6 is 11.3 Å². The molecule has 3 rings (SSSR count). The third-order valence-corrected chi connectivity index (χ3v) is 4.73. The minimum absolute atomic E-state index is 0.00587. The molecule has 0 atom stereocenters. The van der Waals surface area contributed by atoms with Crippen LogP contribution < -0.4 is 10.1 Å². The fraction of sp³-hybridized carbons (Fsp3) is 0.263. The standard InChI is InChI=1S/C19H20N2O2S/c1-13(2)14-7-9-15(10-8-14)23-12-18(22)20-11-19-21-16-5-3-4-6-17(16)24-19/h3-10,13H,11-12H2,1-2H3,(H,20,22). The highest BCUT2D eigenvalue weighted by atomic mass is 32.1. The van der Waals surface area contributed by atoms with Crippen LogP contribution in [0.25, 0.3) is 10.2 Å². The van der Waals surface area contributed by atoms with E-state index in [4.69, 9.17) is 4.74 Å². The molecule has 1 amide bonds. The van der Waals surface area contributed by atoms with Crippen LogP contribution in [0.3, 0.4) is 0 Å². The predicted octanol–water partition coefficient (Wildman–Crippen LogP) is 4.11. The number of ether oxygens (including phenoxy) is 1. The zero-order valence-corrected chi connectivity index (χ0v) is 14.6. The molecule has 24 heavy (non-hydrogen) atoms. The highest BCUT2D eigenvalue weighted by Gasteiger charge is 2.07. The molecule has 0 saturated heterocycles. The Labute approximate surface area is 145 Å². The first-order chi connectivity index (χ1) is 11.6. The maximum Gasteiger partial charge on any atom is 0.258 e. The van der Waals surface area contributed by atoms with Gasteiger partial charge in [-0.1, -0.05) is 38.1 Å². The Balaban J connectivity index is 1.48. The van der Waals surface area contributed by atoms with Gasteiger partial charge in [0.1, 0.15) is 10.8 Å². The Kier molecular flexibility index (Phi) is 5.11. The molecule has 5 heteroatoms. The number of para-hydroxylation sites is 1. The van der Waals surface area contributed by atoms with Crippen molar-refractivity contribution in [2.24, 2.45) is 0 Å². The van der Waals surface area contributed by atoms with E-state index >= 15 is 0 Å². The molecule has 0 spiro atoms. The van der Waals surface area contributed by atoms with E-state index in [-0.39, 0.29) is 12.5 Å². The lowest BCUT2D eigenvalue weighted by atomic mass is 10.0. The largest absolute Gasteiger partial charge is 0.484 e. The lowest BCUT2D eigenvalue weighted by Crippen LogP contribution is -2.28. The number of fused-ring (bicyclic) bond motifs is 1. The molecule has 3 aromatic rings. The molecule has 0 radical (unpaired) electrons. The molecule has 0 saturated carbocycles. The molecule has 124 valence electrons. The number of thiazole rings is 1. The average molecular weight is 340 g/mol. The van der Waals surface area contributed by atoms with Gasteiger partial charge in [0, 0.05) is 0 Å². The molecule has 2 aromatic carbocycles. The van der Waals surface area contributed by atoms with Crippen molar-refractivity contribution >= 4 is 27.5 Å². The molecular weight excluding hydrogens is 320 g/mol. The molecule has 0 aliphatic rings. The summed E-state index contributed by atoms with van der Waals surface area (Å²) in [6.45, 7) is 4.72. The van der Waals surface area contributed by atoms with Gasteiger partial charge in [0.15, 0.2) is 6.61 Å². The van der Waals surface area contributed by atoms with Gasteiger partial charge in [-0.2, -0.15) is 0 Å². The second-order valence-corrected chi connectivity index (χ2v) is 6.98. The first kappa shape index (κ1) is 16.5. The van der Waals surface area contributed by atoms with E-state index in [1.165, 1.54) is 5.56 Å². The molecule has 0 aliphatic carbocycles. The van der Waals surface area contributed by atoms with Crippen LogP contribution in [0.15, 0.2) is 48.5 Å². The van der Waals surface area contributed by atoms with Crippen molar-refractivity contribution in [2.45, 2.75) is 26.3 Å². The average Bonchev–Trinajstić information content (AvgIpc) is 3.01. The van der Waals surface area contributed by atoms with Crippen molar-refractivity contribution in [3.05, 3.63) is 59.1 Å². The summed E-state index contributed by atoms with van der Waals surface area (Å²) in [5.74, 6) is 1.04. The number of nitrogens with one attached hydrogen (secondary N) is 1. The molecule has 1 aromatic heterocycles. The van der Waals surface area contributed by atoms with Crippen LogP contribution in [0.5, 0.6) is 5.75 Å². The molecular formula is C19H20N2O2S. The second kappa shape index (κ2) is 7.45. The molecule has 4 nitrogen and oxygen atoms in total. The summed E-state index contributed by atoms with van der Waals surface area (Å²) in [7, 11) is 0. The molecule has 1 N–H and O–H groups in total. The van der Waals surface area contributed by atoms with Crippen molar-refractivity contribution < 1.29 is 9.53 Å². The minimum atomic E-state index is -0.151. The number of carbonyl (C=O) groups is 1. The second-order valence-electron chi connectivity index (χ2n) is 5.86. The number of hydrogen-bond acceptors (Lipinski definition) is 4. The highest BCUT2D eigenvalue weighted by Crippen LogP contribution is 2.21. The van der Waals surface area contributed by atoms with Crippen molar-refractivity contribution in [2.75, 3.05) is 6.61 Å². The van der Waals surface area contributed by atoms with E-state index in [1.807, 2.05) is 48.5 Å². The van der Waals surface area contributed by atoms with Gasteiger partial charge in [0.05, 0.1) is 16.8 Å². The van der Waals surface area contributed by atoms with E-state index in [0.29, 0.717) is 18.2 Å². The van der Waals surface area contributed by atoms with Crippen molar-refractivity contribution in [3.63, 3.8) is 0 Å². The van der Waals surface area contributed by atoms with E-state index in [0.717, 1.165) is 15.2 Å². The molecule has 0 aliphatic heterocycles. The summed E-state index contributed by atoms with van der Waals surface area (Å²) in [6.07, 6.45) is 0. The van der Waals surface area contributed by atoms with Crippen LogP contribution in [0.4, 0.5) is 0 Å². The van der Waals surface area contributed by atoms with Crippen LogP contribution in [0, 0.1) is 0 Å². The third kappa shape index (κ3) is 4.11. The Bertz CT molecular complexity index is 792. The van der Waals surface area contributed by atoms with Crippen molar-refractivity contribution in [3.8, 4) is 5.75 Å². The van der Waals surface area contributed by atoms with Gasteiger partial charge in [-0.25, -0.2) is 4.98 Å². The maximum absolute atomic E-state index is 11.9. The summed E-state index contributed by atoms with van der Waals surface area (Å²) in [5, 5.41) is 3.74. The van der Waals surface area contributed by atoms with Crippen LogP contribution in [0.1, 0.15) is 30.3 Å². The predicted molar refractivity (Wildman–Crippen MR) is 97.5 cm³/mol. The summed E-state index contributed by atoms with van der Waals surface area (Å²) in [6, 6.07) is 15.8. The van der Waals surface area contributed by atoms with Gasteiger partial charge in [-0.05, 0) is 35.7 Å².